The molecule has 0 saturated heterocycles. The summed E-state index contributed by atoms with van der Waals surface area (Å²) in [5.41, 5.74) is 3.03. The molecule has 1 aromatic heterocycles. The number of aliphatic hydroxyl groups is 1. The van der Waals surface area contributed by atoms with Crippen LogP contribution in [0, 0.1) is 13.8 Å². The molecule has 0 amide bonds. The maximum absolute atomic E-state index is 9.12. The van der Waals surface area contributed by atoms with Crippen LogP contribution in [-0.4, -0.2) is 10.1 Å². The van der Waals surface area contributed by atoms with Gasteiger partial charge in [0.25, 0.3) is 0 Å². The Hall–Kier alpha value is -1.39. The van der Waals surface area contributed by atoms with E-state index in [-0.39, 0.29) is 12.6 Å². The molecule has 0 aliphatic heterocycles. The average Bonchev–Trinajstić information content (AvgIpc) is 2.69. The van der Waals surface area contributed by atoms with E-state index in [4.69, 9.17) is 5.11 Å². The molecule has 0 fully saturated rings. The Balaban J connectivity index is 2.15. The molecule has 4 heteroatoms. The fraction of sp³-hybridized carbons (Fsp3) is 0.357. The van der Waals surface area contributed by atoms with Gasteiger partial charge in [-0.2, -0.15) is 0 Å². The van der Waals surface area contributed by atoms with Gasteiger partial charge in [-0.3, -0.25) is 0 Å². The summed E-state index contributed by atoms with van der Waals surface area (Å²) in [5, 5.41) is 13.6. The lowest BCUT2D eigenvalue weighted by atomic mass is 10.1. The number of aliphatic hydroxyl groups excluding tert-OH is 1. The predicted molar refractivity (Wildman–Crippen MR) is 76.0 cm³/mol. The molecule has 18 heavy (non-hydrogen) atoms. The summed E-state index contributed by atoms with van der Waals surface area (Å²) in [4.78, 5) is 5.81. The quantitative estimate of drug-likeness (QED) is 0.887. The third-order valence-electron chi connectivity index (χ3n) is 2.84. The lowest BCUT2D eigenvalue weighted by molar-refractivity contribution is 0.282. The van der Waals surface area contributed by atoms with Gasteiger partial charge in [0.05, 0.1) is 23.4 Å². The first-order chi connectivity index (χ1) is 8.60. The summed E-state index contributed by atoms with van der Waals surface area (Å²) in [6, 6.07) is 7.99. The predicted octanol–water partition coefficient (Wildman–Crippen LogP) is 3.43. The highest BCUT2D eigenvalue weighted by Gasteiger charge is 2.12. The number of nitrogens with one attached hydrogen (secondary N) is 1. The van der Waals surface area contributed by atoms with Crippen molar-refractivity contribution in [3.8, 4) is 0 Å². The summed E-state index contributed by atoms with van der Waals surface area (Å²) in [6.45, 7) is 6.30. The molecule has 1 unspecified atom stereocenters. The van der Waals surface area contributed by atoms with E-state index in [0.717, 1.165) is 22.0 Å². The highest BCUT2D eigenvalue weighted by Crippen LogP contribution is 2.25. The van der Waals surface area contributed by atoms with Crippen LogP contribution in [0.4, 0.5) is 5.69 Å². The molecule has 0 aliphatic rings. The highest BCUT2D eigenvalue weighted by molar-refractivity contribution is 7.11. The van der Waals surface area contributed by atoms with Gasteiger partial charge in [-0.05, 0) is 38.5 Å². The summed E-state index contributed by atoms with van der Waals surface area (Å²) < 4.78 is 0. The van der Waals surface area contributed by atoms with Crippen LogP contribution in [0.3, 0.4) is 0 Å². The second-order valence-corrected chi connectivity index (χ2v) is 5.81. The second-order valence-electron chi connectivity index (χ2n) is 4.40. The van der Waals surface area contributed by atoms with Crippen LogP contribution in [0.15, 0.2) is 24.3 Å². The number of aromatic nitrogens is 1. The van der Waals surface area contributed by atoms with Crippen LogP contribution in [0.2, 0.25) is 0 Å². The lowest BCUT2D eigenvalue weighted by Crippen LogP contribution is -2.08. The Kier molecular flexibility index (Phi) is 3.99. The van der Waals surface area contributed by atoms with Gasteiger partial charge in [-0.15, -0.1) is 11.3 Å². The number of hydrogen-bond acceptors (Lipinski definition) is 4. The van der Waals surface area contributed by atoms with Crippen LogP contribution in [0.25, 0.3) is 0 Å². The van der Waals surface area contributed by atoms with Crippen molar-refractivity contribution < 1.29 is 5.11 Å². The fourth-order valence-electron chi connectivity index (χ4n) is 2.02. The average molecular weight is 262 g/mol. The van der Waals surface area contributed by atoms with E-state index in [1.54, 1.807) is 11.3 Å². The minimum absolute atomic E-state index is 0.0682. The Bertz CT molecular complexity index is 536. The third-order valence-corrected chi connectivity index (χ3v) is 3.74. The molecule has 0 saturated carbocycles. The van der Waals surface area contributed by atoms with Crippen molar-refractivity contribution >= 4 is 17.0 Å². The Morgan fingerprint density at radius 3 is 2.78 bits per heavy atom. The molecule has 3 nitrogen and oxygen atoms in total. The summed E-state index contributed by atoms with van der Waals surface area (Å²) >= 11 is 1.72. The van der Waals surface area contributed by atoms with E-state index in [1.165, 1.54) is 4.88 Å². The highest BCUT2D eigenvalue weighted by atomic mass is 32.1. The van der Waals surface area contributed by atoms with E-state index in [0.29, 0.717) is 0 Å². The SMILES string of the molecule is Cc1nc(C(C)Nc2cccc(CO)c2)c(C)s1. The lowest BCUT2D eigenvalue weighted by Gasteiger charge is -2.14. The van der Waals surface area contributed by atoms with Crippen molar-refractivity contribution in [3.63, 3.8) is 0 Å². The van der Waals surface area contributed by atoms with E-state index in [1.807, 2.05) is 31.2 Å². The molecular weight excluding hydrogens is 244 g/mol. The molecular formula is C14H18N2OS. The van der Waals surface area contributed by atoms with Crippen LogP contribution in [0.5, 0.6) is 0 Å². The number of rotatable bonds is 4. The van der Waals surface area contributed by atoms with Crippen molar-refractivity contribution in [2.24, 2.45) is 0 Å². The molecule has 0 aliphatic carbocycles. The van der Waals surface area contributed by atoms with E-state index < -0.39 is 0 Å². The molecule has 1 heterocycles. The monoisotopic (exact) mass is 262 g/mol. The first-order valence-electron chi connectivity index (χ1n) is 6.00. The molecule has 2 aromatic rings. The summed E-state index contributed by atoms with van der Waals surface area (Å²) in [7, 11) is 0. The summed E-state index contributed by atoms with van der Waals surface area (Å²) in [5.74, 6) is 0. The van der Waals surface area contributed by atoms with Gasteiger partial charge < -0.3 is 10.4 Å². The van der Waals surface area contributed by atoms with Gasteiger partial charge in [0, 0.05) is 10.6 Å². The standard InChI is InChI=1S/C14H18N2OS/c1-9(14-10(2)18-11(3)16-14)15-13-6-4-5-12(7-13)8-17/h4-7,9,15,17H,8H2,1-3H3. The van der Waals surface area contributed by atoms with Crippen LogP contribution in [0.1, 0.15) is 34.1 Å². The number of anilines is 1. The molecule has 2 rings (SSSR count). The first-order valence-corrected chi connectivity index (χ1v) is 6.82. The number of hydrogen-bond donors (Lipinski definition) is 2. The Morgan fingerprint density at radius 2 is 2.17 bits per heavy atom. The largest absolute Gasteiger partial charge is 0.392 e. The minimum atomic E-state index is 0.0682. The van der Waals surface area contributed by atoms with Crippen molar-refractivity contribution in [1.82, 2.24) is 4.98 Å². The number of nitrogens with zero attached hydrogens (tertiary/aromatic N) is 1. The van der Waals surface area contributed by atoms with Gasteiger partial charge in [-0.1, -0.05) is 12.1 Å². The smallest absolute Gasteiger partial charge is 0.0901 e. The van der Waals surface area contributed by atoms with Crippen molar-refractivity contribution in [3.05, 3.63) is 45.4 Å². The second kappa shape index (κ2) is 5.50. The van der Waals surface area contributed by atoms with Crippen molar-refractivity contribution in [2.75, 3.05) is 5.32 Å². The number of thiazole rings is 1. The van der Waals surface area contributed by atoms with Crippen LogP contribution in [-0.2, 0) is 6.61 Å². The molecule has 1 aromatic carbocycles. The van der Waals surface area contributed by atoms with Gasteiger partial charge in [0.15, 0.2) is 0 Å². The van der Waals surface area contributed by atoms with Gasteiger partial charge in [0.1, 0.15) is 0 Å². The first kappa shape index (κ1) is 13.1. The molecule has 96 valence electrons. The Morgan fingerprint density at radius 1 is 1.39 bits per heavy atom. The minimum Gasteiger partial charge on any atom is -0.392 e. The molecule has 2 N–H and O–H groups in total. The van der Waals surface area contributed by atoms with Crippen LogP contribution >= 0.6 is 11.3 Å². The van der Waals surface area contributed by atoms with E-state index in [9.17, 15) is 0 Å². The fourth-order valence-corrected chi connectivity index (χ4v) is 2.94. The van der Waals surface area contributed by atoms with E-state index >= 15 is 0 Å². The molecule has 0 radical (unpaired) electrons. The third kappa shape index (κ3) is 2.89. The maximum atomic E-state index is 9.12. The Labute approximate surface area is 112 Å². The van der Waals surface area contributed by atoms with Crippen molar-refractivity contribution in [2.45, 2.75) is 33.4 Å². The normalized spacial score (nSPS) is 12.4. The molecule has 0 spiro atoms. The molecule has 0 bridgehead atoms. The zero-order chi connectivity index (χ0) is 13.1. The zero-order valence-electron chi connectivity index (χ0n) is 10.9. The zero-order valence-corrected chi connectivity index (χ0v) is 11.7. The topological polar surface area (TPSA) is 45.2 Å². The molecule has 1 atom stereocenters. The van der Waals surface area contributed by atoms with Gasteiger partial charge in [-0.25, -0.2) is 4.98 Å². The number of aryl methyl sites for hydroxylation is 2. The van der Waals surface area contributed by atoms with Crippen molar-refractivity contribution in [1.29, 1.82) is 0 Å². The summed E-state index contributed by atoms with van der Waals surface area (Å²) in [6.07, 6.45) is 0. The van der Waals surface area contributed by atoms with Crippen LogP contribution < -0.4 is 5.32 Å². The number of benzene rings is 1. The maximum Gasteiger partial charge on any atom is 0.0901 e. The van der Waals surface area contributed by atoms with E-state index in [2.05, 4.69) is 24.1 Å². The van der Waals surface area contributed by atoms with Gasteiger partial charge in [0.2, 0.25) is 0 Å². The van der Waals surface area contributed by atoms with Gasteiger partial charge >= 0.3 is 0 Å².